The molecule has 1 aliphatic heterocycles. The summed E-state index contributed by atoms with van der Waals surface area (Å²) in [7, 11) is 0. The van der Waals surface area contributed by atoms with E-state index >= 15 is 0 Å². The number of fused-ring (bicyclic) bond motifs is 1. The predicted octanol–water partition coefficient (Wildman–Crippen LogP) is 2.97. The fourth-order valence-electron chi connectivity index (χ4n) is 2.52. The van der Waals surface area contributed by atoms with Gasteiger partial charge in [-0.05, 0) is 35.7 Å². The zero-order valence-electron chi connectivity index (χ0n) is 12.3. The number of nitrogens with one attached hydrogen (secondary N) is 1. The van der Waals surface area contributed by atoms with Crippen molar-refractivity contribution in [3.63, 3.8) is 0 Å². The number of rotatable bonds is 3. The molecule has 0 saturated heterocycles. The SMILES string of the molecule is CCc1ccc(NC(=O)C2Cc3ccccc3C(=O)O2)cc1. The van der Waals surface area contributed by atoms with Crippen LogP contribution < -0.4 is 5.32 Å². The molecule has 1 N–H and O–H groups in total. The number of cyclic esters (lactones) is 1. The monoisotopic (exact) mass is 295 g/mol. The number of esters is 1. The summed E-state index contributed by atoms with van der Waals surface area (Å²) in [6, 6.07) is 14.9. The minimum Gasteiger partial charge on any atom is -0.448 e. The topological polar surface area (TPSA) is 55.4 Å². The Hall–Kier alpha value is -2.62. The highest BCUT2D eigenvalue weighted by Crippen LogP contribution is 2.21. The van der Waals surface area contributed by atoms with Crippen LogP contribution in [0.25, 0.3) is 0 Å². The minimum atomic E-state index is -0.784. The number of anilines is 1. The maximum absolute atomic E-state index is 12.3. The van der Waals surface area contributed by atoms with Gasteiger partial charge >= 0.3 is 5.97 Å². The summed E-state index contributed by atoms with van der Waals surface area (Å²) in [5.41, 5.74) is 3.30. The molecule has 0 radical (unpaired) electrons. The highest BCUT2D eigenvalue weighted by molar-refractivity contribution is 6.00. The van der Waals surface area contributed by atoms with Crippen molar-refractivity contribution < 1.29 is 14.3 Å². The highest BCUT2D eigenvalue weighted by Gasteiger charge is 2.30. The van der Waals surface area contributed by atoms with Gasteiger partial charge in [0.05, 0.1) is 5.56 Å². The molecule has 2 aromatic carbocycles. The van der Waals surface area contributed by atoms with E-state index in [0.717, 1.165) is 12.0 Å². The quantitative estimate of drug-likeness (QED) is 0.886. The second kappa shape index (κ2) is 6.02. The van der Waals surface area contributed by atoms with E-state index in [0.29, 0.717) is 17.7 Å². The first-order valence-corrected chi connectivity index (χ1v) is 7.36. The van der Waals surface area contributed by atoms with Crippen LogP contribution in [0.5, 0.6) is 0 Å². The van der Waals surface area contributed by atoms with E-state index in [9.17, 15) is 9.59 Å². The van der Waals surface area contributed by atoms with Crippen molar-refractivity contribution in [2.75, 3.05) is 5.32 Å². The summed E-state index contributed by atoms with van der Waals surface area (Å²) in [5, 5.41) is 2.80. The van der Waals surface area contributed by atoms with Crippen LogP contribution in [0.15, 0.2) is 48.5 Å². The van der Waals surface area contributed by atoms with E-state index in [1.54, 1.807) is 12.1 Å². The first-order chi connectivity index (χ1) is 10.7. The van der Waals surface area contributed by atoms with E-state index in [1.807, 2.05) is 36.4 Å². The van der Waals surface area contributed by atoms with Crippen molar-refractivity contribution in [2.24, 2.45) is 0 Å². The lowest BCUT2D eigenvalue weighted by Gasteiger charge is -2.23. The number of carbonyl (C=O) groups is 2. The molecule has 3 rings (SSSR count). The fraction of sp³-hybridized carbons (Fsp3) is 0.222. The van der Waals surface area contributed by atoms with Gasteiger partial charge in [-0.3, -0.25) is 4.79 Å². The molecule has 1 atom stereocenters. The van der Waals surface area contributed by atoms with Gasteiger partial charge in [-0.2, -0.15) is 0 Å². The van der Waals surface area contributed by atoms with Crippen molar-refractivity contribution >= 4 is 17.6 Å². The van der Waals surface area contributed by atoms with Gasteiger partial charge in [0.15, 0.2) is 6.10 Å². The maximum Gasteiger partial charge on any atom is 0.339 e. The fourth-order valence-corrected chi connectivity index (χ4v) is 2.52. The number of ether oxygens (including phenoxy) is 1. The van der Waals surface area contributed by atoms with E-state index in [1.165, 1.54) is 5.56 Å². The van der Waals surface area contributed by atoms with Crippen molar-refractivity contribution in [3.8, 4) is 0 Å². The Bertz CT molecular complexity index is 707. The maximum atomic E-state index is 12.3. The standard InChI is InChI=1S/C18H17NO3/c1-2-12-7-9-14(10-8-12)19-17(20)16-11-13-5-3-4-6-15(13)18(21)22-16/h3-10,16H,2,11H2,1H3,(H,19,20). The molecule has 4 nitrogen and oxygen atoms in total. The Labute approximate surface area is 129 Å². The van der Waals surface area contributed by atoms with Gasteiger partial charge in [-0.1, -0.05) is 37.3 Å². The molecule has 1 amide bonds. The number of benzene rings is 2. The molecule has 4 heteroatoms. The molecular weight excluding hydrogens is 278 g/mol. The van der Waals surface area contributed by atoms with E-state index in [2.05, 4.69) is 12.2 Å². The zero-order chi connectivity index (χ0) is 15.5. The molecule has 1 unspecified atom stereocenters. The van der Waals surface area contributed by atoms with E-state index in [-0.39, 0.29) is 5.91 Å². The van der Waals surface area contributed by atoms with Gasteiger partial charge in [0.25, 0.3) is 5.91 Å². The molecule has 0 fully saturated rings. The van der Waals surface area contributed by atoms with Crippen molar-refractivity contribution in [3.05, 3.63) is 65.2 Å². The Balaban J connectivity index is 1.72. The second-order valence-corrected chi connectivity index (χ2v) is 5.29. The predicted molar refractivity (Wildman–Crippen MR) is 83.8 cm³/mol. The number of carbonyl (C=O) groups excluding carboxylic acids is 2. The zero-order valence-corrected chi connectivity index (χ0v) is 12.3. The first-order valence-electron chi connectivity index (χ1n) is 7.36. The van der Waals surface area contributed by atoms with Crippen LogP contribution >= 0.6 is 0 Å². The molecule has 0 aliphatic carbocycles. The Morgan fingerprint density at radius 2 is 1.91 bits per heavy atom. The summed E-state index contributed by atoms with van der Waals surface area (Å²) >= 11 is 0. The van der Waals surface area contributed by atoms with Crippen LogP contribution in [0.2, 0.25) is 0 Å². The van der Waals surface area contributed by atoms with Crippen LogP contribution in [0.4, 0.5) is 5.69 Å². The van der Waals surface area contributed by atoms with Gasteiger partial charge in [0, 0.05) is 12.1 Å². The molecule has 0 spiro atoms. The Morgan fingerprint density at radius 1 is 1.18 bits per heavy atom. The summed E-state index contributed by atoms with van der Waals surface area (Å²) in [6.45, 7) is 2.08. The smallest absolute Gasteiger partial charge is 0.339 e. The molecule has 112 valence electrons. The first kappa shape index (κ1) is 14.3. The molecule has 0 aromatic heterocycles. The second-order valence-electron chi connectivity index (χ2n) is 5.29. The molecule has 1 aliphatic rings. The summed E-state index contributed by atoms with van der Waals surface area (Å²) in [4.78, 5) is 24.2. The van der Waals surface area contributed by atoms with Crippen molar-refractivity contribution in [1.29, 1.82) is 0 Å². The van der Waals surface area contributed by atoms with Crippen molar-refractivity contribution in [2.45, 2.75) is 25.9 Å². The molecule has 22 heavy (non-hydrogen) atoms. The average molecular weight is 295 g/mol. The van der Waals surface area contributed by atoms with Crippen LogP contribution in [0.1, 0.15) is 28.4 Å². The lowest BCUT2D eigenvalue weighted by molar-refractivity contribution is -0.125. The Morgan fingerprint density at radius 3 is 2.64 bits per heavy atom. The van der Waals surface area contributed by atoms with Crippen LogP contribution in [-0.4, -0.2) is 18.0 Å². The molecule has 0 saturated carbocycles. The lowest BCUT2D eigenvalue weighted by Crippen LogP contribution is -2.37. The number of hydrogen-bond acceptors (Lipinski definition) is 3. The summed E-state index contributed by atoms with van der Waals surface area (Å²) < 4.78 is 5.24. The third kappa shape index (κ3) is 2.86. The van der Waals surface area contributed by atoms with Gasteiger partial charge in [-0.25, -0.2) is 4.79 Å². The largest absolute Gasteiger partial charge is 0.448 e. The van der Waals surface area contributed by atoms with Crippen molar-refractivity contribution in [1.82, 2.24) is 0 Å². The van der Waals surface area contributed by atoms with Crippen LogP contribution in [0, 0.1) is 0 Å². The third-order valence-corrected chi connectivity index (χ3v) is 3.81. The van der Waals surface area contributed by atoms with Gasteiger partial charge in [-0.15, -0.1) is 0 Å². The lowest BCUT2D eigenvalue weighted by atomic mass is 9.98. The average Bonchev–Trinajstić information content (AvgIpc) is 2.55. The minimum absolute atomic E-state index is 0.299. The molecular formula is C18H17NO3. The normalized spacial score (nSPS) is 16.6. The number of aryl methyl sites for hydroxylation is 1. The number of hydrogen-bond donors (Lipinski definition) is 1. The Kier molecular flexibility index (Phi) is 3.92. The molecule has 0 bridgehead atoms. The van der Waals surface area contributed by atoms with E-state index in [4.69, 9.17) is 4.74 Å². The third-order valence-electron chi connectivity index (χ3n) is 3.81. The summed E-state index contributed by atoms with van der Waals surface area (Å²) in [5.74, 6) is -0.740. The molecule has 2 aromatic rings. The van der Waals surface area contributed by atoms with Crippen LogP contribution in [-0.2, 0) is 22.4 Å². The molecule has 1 heterocycles. The summed E-state index contributed by atoms with van der Waals surface area (Å²) in [6.07, 6.45) is 0.569. The van der Waals surface area contributed by atoms with Crippen LogP contribution in [0.3, 0.4) is 0 Å². The van der Waals surface area contributed by atoms with Gasteiger partial charge < -0.3 is 10.1 Å². The van der Waals surface area contributed by atoms with Gasteiger partial charge in [0.1, 0.15) is 0 Å². The van der Waals surface area contributed by atoms with Gasteiger partial charge in [0.2, 0.25) is 0 Å². The number of amides is 1. The van der Waals surface area contributed by atoms with E-state index < -0.39 is 12.1 Å². The highest BCUT2D eigenvalue weighted by atomic mass is 16.5.